The van der Waals surface area contributed by atoms with Crippen molar-refractivity contribution in [3.63, 3.8) is 0 Å². The van der Waals surface area contributed by atoms with Crippen LogP contribution >= 0.6 is 22.9 Å². The van der Waals surface area contributed by atoms with Crippen LogP contribution in [0.25, 0.3) is 15.9 Å². The van der Waals surface area contributed by atoms with Crippen molar-refractivity contribution in [2.45, 2.75) is 32.2 Å². The first-order valence-electron chi connectivity index (χ1n) is 11.3. The molecule has 168 valence electrons. The molecule has 4 aromatic rings. The predicted octanol–water partition coefficient (Wildman–Crippen LogP) is 5.81. The van der Waals surface area contributed by atoms with Gasteiger partial charge in [0.25, 0.3) is 5.91 Å². The number of likely N-dealkylation sites (N-methyl/N-ethyl adjacent to an activating group) is 1. The lowest BCUT2D eigenvalue weighted by Gasteiger charge is -2.36. The van der Waals surface area contributed by atoms with Crippen molar-refractivity contribution in [3.05, 3.63) is 75.3 Å². The van der Waals surface area contributed by atoms with Gasteiger partial charge in [-0.15, -0.1) is 11.3 Å². The molecule has 4 heterocycles. The van der Waals surface area contributed by atoms with Crippen LogP contribution in [0.5, 0.6) is 0 Å². The third-order valence-corrected chi connectivity index (χ3v) is 8.35. The number of likely N-dealkylation sites (tertiary alicyclic amines) is 1. The monoisotopic (exact) mass is 476 g/mol. The van der Waals surface area contributed by atoms with E-state index in [2.05, 4.69) is 42.0 Å². The van der Waals surface area contributed by atoms with Crippen LogP contribution in [0.3, 0.4) is 0 Å². The largest absolute Gasteiger partial charge is 0.306 e. The van der Waals surface area contributed by atoms with Crippen LogP contribution in [0, 0.1) is 13.8 Å². The summed E-state index contributed by atoms with van der Waals surface area (Å²) in [4.78, 5) is 20.2. The standard InChI is InChI=1S/C26H25ClN4OS/c1-15-4-9-22-20(12-15)21-14-29(3)11-10-23(21)30(22)25(32)24-13-19-16(2)28-31(26(19)33-24)18-7-5-17(27)6-8-18/h4-9,12-13,21,23H,10-11,14H2,1-3H3/t21-,23+/m1/s1. The number of amides is 1. The van der Waals surface area contributed by atoms with E-state index in [4.69, 9.17) is 16.7 Å². The number of carbonyl (C=O) groups is 1. The molecule has 2 aliphatic rings. The van der Waals surface area contributed by atoms with E-state index >= 15 is 0 Å². The van der Waals surface area contributed by atoms with Crippen molar-refractivity contribution in [2.24, 2.45) is 0 Å². The fourth-order valence-electron chi connectivity index (χ4n) is 5.37. The molecule has 0 unspecified atom stereocenters. The van der Waals surface area contributed by atoms with Crippen LogP contribution in [0.4, 0.5) is 5.69 Å². The van der Waals surface area contributed by atoms with Crippen molar-refractivity contribution >= 4 is 44.7 Å². The zero-order valence-electron chi connectivity index (χ0n) is 18.9. The Morgan fingerprint density at radius 2 is 1.91 bits per heavy atom. The van der Waals surface area contributed by atoms with Crippen molar-refractivity contribution in [1.29, 1.82) is 0 Å². The summed E-state index contributed by atoms with van der Waals surface area (Å²) in [6.07, 6.45) is 0.989. The normalized spacial score (nSPS) is 20.3. The van der Waals surface area contributed by atoms with Gasteiger partial charge in [-0.2, -0.15) is 5.10 Å². The summed E-state index contributed by atoms with van der Waals surface area (Å²) < 4.78 is 1.92. The summed E-state index contributed by atoms with van der Waals surface area (Å²) >= 11 is 7.60. The van der Waals surface area contributed by atoms with Crippen LogP contribution in [0.2, 0.25) is 5.02 Å². The molecule has 0 spiro atoms. The molecular weight excluding hydrogens is 452 g/mol. The number of hydrogen-bond donors (Lipinski definition) is 0. The molecule has 1 fully saturated rings. The summed E-state index contributed by atoms with van der Waals surface area (Å²) in [7, 11) is 2.17. The maximum Gasteiger partial charge on any atom is 0.268 e. The third kappa shape index (κ3) is 3.31. The molecule has 0 bridgehead atoms. The Morgan fingerprint density at radius 1 is 1.12 bits per heavy atom. The highest BCUT2D eigenvalue weighted by atomic mass is 35.5. The fourth-order valence-corrected chi connectivity index (χ4v) is 6.62. The molecule has 0 N–H and O–H groups in total. The molecule has 33 heavy (non-hydrogen) atoms. The third-order valence-electron chi connectivity index (χ3n) is 7.00. The average molecular weight is 477 g/mol. The highest BCUT2D eigenvalue weighted by Crippen LogP contribution is 2.46. The maximum atomic E-state index is 14.0. The minimum absolute atomic E-state index is 0.0976. The first kappa shape index (κ1) is 20.9. The Balaban J connectivity index is 1.43. The van der Waals surface area contributed by atoms with Gasteiger partial charge in [-0.1, -0.05) is 29.3 Å². The number of piperidine rings is 1. The molecule has 0 aliphatic carbocycles. The van der Waals surface area contributed by atoms with E-state index < -0.39 is 0 Å². The van der Waals surface area contributed by atoms with E-state index in [1.807, 2.05) is 41.9 Å². The number of rotatable bonds is 2. The Labute approximate surface area is 202 Å². The summed E-state index contributed by atoms with van der Waals surface area (Å²) in [6, 6.07) is 16.4. The number of fused-ring (bicyclic) bond motifs is 4. The van der Waals surface area contributed by atoms with E-state index in [-0.39, 0.29) is 11.9 Å². The van der Waals surface area contributed by atoms with Gasteiger partial charge in [-0.3, -0.25) is 4.79 Å². The first-order valence-corrected chi connectivity index (χ1v) is 12.5. The van der Waals surface area contributed by atoms with Gasteiger partial charge in [0.15, 0.2) is 0 Å². The van der Waals surface area contributed by atoms with E-state index in [0.717, 1.165) is 51.7 Å². The Hall–Kier alpha value is -2.67. The number of carbonyl (C=O) groups excluding carboxylic acids is 1. The Morgan fingerprint density at radius 3 is 2.70 bits per heavy atom. The molecule has 2 aromatic heterocycles. The number of hydrogen-bond acceptors (Lipinski definition) is 4. The second-order valence-corrected chi connectivity index (χ2v) is 10.7. The molecule has 2 aliphatic heterocycles. The van der Waals surface area contributed by atoms with Crippen molar-refractivity contribution in [1.82, 2.24) is 14.7 Å². The lowest BCUT2D eigenvalue weighted by Crippen LogP contribution is -2.47. The number of aryl methyl sites for hydroxylation is 2. The van der Waals surface area contributed by atoms with Crippen LogP contribution in [-0.2, 0) is 0 Å². The van der Waals surface area contributed by atoms with Gasteiger partial charge in [0, 0.05) is 34.6 Å². The molecule has 5 nitrogen and oxygen atoms in total. The van der Waals surface area contributed by atoms with Gasteiger partial charge in [-0.25, -0.2) is 4.68 Å². The summed E-state index contributed by atoms with van der Waals surface area (Å²) in [6.45, 7) is 6.12. The lowest BCUT2D eigenvalue weighted by molar-refractivity contribution is 0.0968. The highest BCUT2D eigenvalue weighted by molar-refractivity contribution is 7.20. The molecule has 1 saturated heterocycles. The minimum atomic E-state index is 0.0976. The van der Waals surface area contributed by atoms with Gasteiger partial charge in [0.1, 0.15) is 4.83 Å². The minimum Gasteiger partial charge on any atom is -0.306 e. The Kier molecular flexibility index (Phi) is 4.87. The Bertz CT molecular complexity index is 1390. The summed E-state index contributed by atoms with van der Waals surface area (Å²) in [5.74, 6) is 0.462. The molecular formula is C26H25ClN4OS. The molecule has 2 atom stereocenters. The van der Waals surface area contributed by atoms with Gasteiger partial charge in [0.05, 0.1) is 16.3 Å². The van der Waals surface area contributed by atoms with Gasteiger partial charge < -0.3 is 9.80 Å². The van der Waals surface area contributed by atoms with E-state index in [1.165, 1.54) is 22.5 Å². The number of halogens is 1. The number of thiophene rings is 1. The smallest absolute Gasteiger partial charge is 0.268 e. The second-order valence-electron chi connectivity index (χ2n) is 9.27. The quantitative estimate of drug-likeness (QED) is 0.367. The zero-order valence-corrected chi connectivity index (χ0v) is 20.5. The second kappa shape index (κ2) is 7.69. The van der Waals surface area contributed by atoms with E-state index in [1.54, 1.807) is 0 Å². The average Bonchev–Trinajstić information content (AvgIpc) is 3.45. The SMILES string of the molecule is Cc1ccc2c(c1)[C@H]1CN(C)CC[C@@H]1N2C(=O)c1cc2c(C)nn(-c3ccc(Cl)cc3)c2s1. The fraction of sp³-hybridized carbons (Fsp3) is 0.308. The summed E-state index contributed by atoms with van der Waals surface area (Å²) in [5, 5.41) is 6.44. The number of anilines is 1. The number of aromatic nitrogens is 2. The van der Waals surface area contributed by atoms with Crippen LogP contribution in [-0.4, -0.2) is 46.8 Å². The van der Waals surface area contributed by atoms with Gasteiger partial charge in [0.2, 0.25) is 0 Å². The molecule has 0 radical (unpaired) electrons. The van der Waals surface area contributed by atoms with Gasteiger partial charge >= 0.3 is 0 Å². The first-order chi connectivity index (χ1) is 15.9. The molecule has 2 aromatic carbocycles. The topological polar surface area (TPSA) is 41.4 Å². The zero-order chi connectivity index (χ0) is 22.9. The maximum absolute atomic E-state index is 14.0. The van der Waals surface area contributed by atoms with Crippen LogP contribution in [0.1, 0.15) is 38.8 Å². The van der Waals surface area contributed by atoms with E-state index in [0.29, 0.717) is 10.9 Å². The predicted molar refractivity (Wildman–Crippen MR) is 135 cm³/mol. The number of benzene rings is 2. The molecule has 7 heteroatoms. The highest BCUT2D eigenvalue weighted by Gasteiger charge is 2.44. The molecule has 6 rings (SSSR count). The van der Waals surface area contributed by atoms with Crippen LogP contribution in [0.15, 0.2) is 48.5 Å². The van der Waals surface area contributed by atoms with E-state index in [9.17, 15) is 4.79 Å². The number of nitrogens with zero attached hydrogens (tertiary/aromatic N) is 4. The van der Waals surface area contributed by atoms with Crippen molar-refractivity contribution in [2.75, 3.05) is 25.0 Å². The van der Waals surface area contributed by atoms with Gasteiger partial charge in [-0.05, 0) is 75.8 Å². The molecule has 0 saturated carbocycles. The summed E-state index contributed by atoms with van der Waals surface area (Å²) in [5.41, 5.74) is 5.49. The van der Waals surface area contributed by atoms with Crippen molar-refractivity contribution < 1.29 is 4.79 Å². The van der Waals surface area contributed by atoms with Crippen LogP contribution < -0.4 is 4.90 Å². The molecule has 1 amide bonds. The van der Waals surface area contributed by atoms with Crippen molar-refractivity contribution in [3.8, 4) is 5.69 Å². The lowest BCUT2D eigenvalue weighted by atomic mass is 9.89.